The van der Waals surface area contributed by atoms with E-state index in [-0.39, 0.29) is 6.03 Å². The van der Waals surface area contributed by atoms with Crippen molar-refractivity contribution >= 4 is 29.2 Å². The Hall–Kier alpha value is -0.970. The number of halogens is 2. The maximum absolute atomic E-state index is 11.4. The Kier molecular flexibility index (Phi) is 7.63. The smallest absolute Gasteiger partial charge is 0.314 e. The van der Waals surface area contributed by atoms with Crippen molar-refractivity contribution in [2.45, 2.75) is 12.8 Å². The van der Waals surface area contributed by atoms with E-state index >= 15 is 0 Å². The minimum atomic E-state index is -0.177. The number of carbonyl (C=O) groups excluding carboxylic acids is 1. The van der Waals surface area contributed by atoms with Crippen LogP contribution in [0, 0.1) is 0 Å². The van der Waals surface area contributed by atoms with Crippen molar-refractivity contribution in [1.82, 2.24) is 10.6 Å². The third kappa shape index (κ3) is 7.25. The summed E-state index contributed by atoms with van der Waals surface area (Å²) in [4.78, 5) is 11.4. The SMILES string of the molecule is COCCCNC(=O)NCCc1cc(Cl)cc(Cl)c1. The van der Waals surface area contributed by atoms with E-state index in [0.717, 1.165) is 12.0 Å². The Morgan fingerprint density at radius 1 is 1.16 bits per heavy atom. The zero-order valence-electron chi connectivity index (χ0n) is 10.8. The summed E-state index contributed by atoms with van der Waals surface area (Å²) in [6, 6.07) is 5.18. The molecule has 1 aromatic rings. The van der Waals surface area contributed by atoms with Gasteiger partial charge < -0.3 is 15.4 Å². The van der Waals surface area contributed by atoms with E-state index in [0.29, 0.717) is 36.2 Å². The predicted octanol–water partition coefficient (Wildman–Crippen LogP) is 2.87. The molecule has 0 atom stereocenters. The zero-order valence-corrected chi connectivity index (χ0v) is 12.4. The normalized spacial score (nSPS) is 10.3. The molecule has 0 spiro atoms. The lowest BCUT2D eigenvalue weighted by Crippen LogP contribution is -2.37. The molecule has 4 nitrogen and oxygen atoms in total. The summed E-state index contributed by atoms with van der Waals surface area (Å²) < 4.78 is 4.89. The van der Waals surface area contributed by atoms with Crippen LogP contribution in [0.2, 0.25) is 10.0 Å². The van der Waals surface area contributed by atoms with Crippen molar-refractivity contribution in [2.24, 2.45) is 0 Å². The molecule has 0 radical (unpaired) electrons. The fourth-order valence-corrected chi connectivity index (χ4v) is 2.13. The van der Waals surface area contributed by atoms with Crippen LogP contribution in [0.15, 0.2) is 18.2 Å². The van der Waals surface area contributed by atoms with E-state index in [1.54, 1.807) is 13.2 Å². The van der Waals surface area contributed by atoms with Gasteiger partial charge in [-0.25, -0.2) is 4.79 Å². The maximum atomic E-state index is 11.4. The fraction of sp³-hybridized carbons (Fsp3) is 0.462. The number of rotatable bonds is 7. The molecule has 0 heterocycles. The average molecular weight is 305 g/mol. The summed E-state index contributed by atoms with van der Waals surface area (Å²) in [5.41, 5.74) is 0.997. The molecule has 1 rings (SSSR count). The maximum Gasteiger partial charge on any atom is 0.314 e. The molecule has 0 aliphatic rings. The summed E-state index contributed by atoms with van der Waals surface area (Å²) in [5.74, 6) is 0. The van der Waals surface area contributed by atoms with E-state index in [9.17, 15) is 4.79 Å². The Labute approximate surface area is 123 Å². The predicted molar refractivity (Wildman–Crippen MR) is 78.1 cm³/mol. The number of ether oxygens (including phenoxy) is 1. The highest BCUT2D eigenvalue weighted by atomic mass is 35.5. The number of benzene rings is 1. The number of nitrogens with one attached hydrogen (secondary N) is 2. The van der Waals surface area contributed by atoms with Gasteiger partial charge in [-0.1, -0.05) is 23.2 Å². The van der Waals surface area contributed by atoms with Crippen LogP contribution in [0.25, 0.3) is 0 Å². The first-order chi connectivity index (χ1) is 9.11. The summed E-state index contributed by atoms with van der Waals surface area (Å²) in [5, 5.41) is 6.72. The topological polar surface area (TPSA) is 50.4 Å². The van der Waals surface area contributed by atoms with E-state index < -0.39 is 0 Å². The molecular weight excluding hydrogens is 287 g/mol. The third-order valence-corrected chi connectivity index (χ3v) is 2.87. The number of hydrogen-bond acceptors (Lipinski definition) is 2. The molecule has 0 aliphatic heterocycles. The lowest BCUT2D eigenvalue weighted by molar-refractivity contribution is 0.193. The molecule has 19 heavy (non-hydrogen) atoms. The molecular formula is C13H18Cl2N2O2. The highest BCUT2D eigenvalue weighted by Gasteiger charge is 2.01. The highest BCUT2D eigenvalue weighted by molar-refractivity contribution is 6.34. The van der Waals surface area contributed by atoms with Gasteiger partial charge in [0.2, 0.25) is 0 Å². The van der Waals surface area contributed by atoms with Gasteiger partial charge in [-0.2, -0.15) is 0 Å². The highest BCUT2D eigenvalue weighted by Crippen LogP contribution is 2.19. The van der Waals surface area contributed by atoms with Crippen LogP contribution in [0.5, 0.6) is 0 Å². The van der Waals surface area contributed by atoms with Gasteiger partial charge in [-0.05, 0) is 36.6 Å². The van der Waals surface area contributed by atoms with E-state index in [1.165, 1.54) is 0 Å². The van der Waals surface area contributed by atoms with E-state index in [1.807, 2.05) is 12.1 Å². The Balaban J connectivity index is 2.20. The molecule has 0 aliphatic carbocycles. The Morgan fingerprint density at radius 3 is 2.42 bits per heavy atom. The van der Waals surface area contributed by atoms with Gasteiger partial charge in [0.05, 0.1) is 0 Å². The van der Waals surface area contributed by atoms with Crippen LogP contribution >= 0.6 is 23.2 Å². The van der Waals surface area contributed by atoms with Crippen molar-refractivity contribution in [3.05, 3.63) is 33.8 Å². The molecule has 0 bridgehead atoms. The monoisotopic (exact) mass is 304 g/mol. The molecule has 0 saturated heterocycles. The molecule has 2 N–H and O–H groups in total. The second-order valence-corrected chi connectivity index (χ2v) is 4.93. The van der Waals surface area contributed by atoms with Gasteiger partial charge in [0.1, 0.15) is 0 Å². The van der Waals surface area contributed by atoms with Crippen LogP contribution in [0.3, 0.4) is 0 Å². The van der Waals surface area contributed by atoms with Crippen LogP contribution in [-0.2, 0) is 11.2 Å². The van der Waals surface area contributed by atoms with E-state index in [2.05, 4.69) is 10.6 Å². The van der Waals surface area contributed by atoms with E-state index in [4.69, 9.17) is 27.9 Å². The lowest BCUT2D eigenvalue weighted by Gasteiger charge is -2.08. The van der Waals surface area contributed by atoms with Crippen LogP contribution < -0.4 is 10.6 Å². The summed E-state index contributed by atoms with van der Waals surface area (Å²) >= 11 is 11.8. The molecule has 0 unspecified atom stereocenters. The summed E-state index contributed by atoms with van der Waals surface area (Å²) in [7, 11) is 1.64. The second-order valence-electron chi connectivity index (χ2n) is 4.06. The second kappa shape index (κ2) is 9.02. The van der Waals surface area contributed by atoms with Gasteiger partial charge in [-0.3, -0.25) is 0 Å². The van der Waals surface area contributed by atoms with Gasteiger partial charge in [-0.15, -0.1) is 0 Å². The quantitative estimate of drug-likeness (QED) is 0.761. The number of amides is 2. The summed E-state index contributed by atoms with van der Waals surface area (Å²) in [6.07, 6.45) is 1.49. The third-order valence-electron chi connectivity index (χ3n) is 2.43. The minimum Gasteiger partial charge on any atom is -0.385 e. The first-order valence-corrected chi connectivity index (χ1v) is 6.83. The molecule has 106 valence electrons. The van der Waals surface area contributed by atoms with Crippen molar-refractivity contribution < 1.29 is 9.53 Å². The van der Waals surface area contributed by atoms with Crippen molar-refractivity contribution in [3.63, 3.8) is 0 Å². The standard InChI is InChI=1S/C13H18Cl2N2O2/c1-19-6-2-4-16-13(18)17-5-3-10-7-11(14)9-12(15)8-10/h7-9H,2-6H2,1H3,(H2,16,17,18). The van der Waals surface area contributed by atoms with Crippen molar-refractivity contribution in [2.75, 3.05) is 26.8 Å². The molecule has 0 saturated carbocycles. The molecule has 1 aromatic carbocycles. The van der Waals surface area contributed by atoms with Gasteiger partial charge >= 0.3 is 6.03 Å². The lowest BCUT2D eigenvalue weighted by atomic mass is 10.1. The Bertz CT molecular complexity index is 393. The fourth-order valence-electron chi connectivity index (χ4n) is 1.56. The average Bonchev–Trinajstić information content (AvgIpc) is 2.33. The van der Waals surface area contributed by atoms with Crippen molar-refractivity contribution in [1.29, 1.82) is 0 Å². The number of urea groups is 1. The van der Waals surface area contributed by atoms with Crippen LogP contribution in [-0.4, -0.2) is 32.8 Å². The van der Waals surface area contributed by atoms with Gasteiger partial charge in [0, 0.05) is 36.9 Å². The van der Waals surface area contributed by atoms with Crippen molar-refractivity contribution in [3.8, 4) is 0 Å². The first kappa shape index (κ1) is 16.1. The Morgan fingerprint density at radius 2 is 1.79 bits per heavy atom. The minimum absolute atomic E-state index is 0.177. The number of methoxy groups -OCH3 is 1. The molecule has 6 heteroatoms. The number of hydrogen-bond donors (Lipinski definition) is 2. The molecule has 2 amide bonds. The summed E-state index contributed by atoms with van der Waals surface area (Å²) in [6.45, 7) is 1.77. The zero-order chi connectivity index (χ0) is 14.1. The van der Waals surface area contributed by atoms with Gasteiger partial charge in [0.25, 0.3) is 0 Å². The molecule has 0 aromatic heterocycles. The van der Waals surface area contributed by atoms with Crippen LogP contribution in [0.1, 0.15) is 12.0 Å². The molecule has 0 fully saturated rings. The first-order valence-electron chi connectivity index (χ1n) is 6.07. The largest absolute Gasteiger partial charge is 0.385 e. The van der Waals surface area contributed by atoms with Crippen LogP contribution in [0.4, 0.5) is 4.79 Å². The number of carbonyl (C=O) groups is 1. The van der Waals surface area contributed by atoms with Gasteiger partial charge in [0.15, 0.2) is 0 Å².